The van der Waals surface area contributed by atoms with Crippen LogP contribution in [0.15, 0.2) is 35.3 Å². The number of nitrogens with zero attached hydrogens (tertiary/aromatic N) is 2. The van der Waals surface area contributed by atoms with Gasteiger partial charge in [-0.2, -0.15) is 5.10 Å². The minimum atomic E-state index is -0.362. The topological polar surface area (TPSA) is 57.3 Å². The molecule has 0 aliphatic rings. The van der Waals surface area contributed by atoms with Gasteiger partial charge in [-0.3, -0.25) is 4.68 Å². The number of carbonyl (C=O) groups is 1. The zero-order chi connectivity index (χ0) is 13.0. The van der Waals surface area contributed by atoms with Crippen molar-refractivity contribution < 1.29 is 13.9 Å². The molecule has 5 nitrogen and oxygen atoms in total. The summed E-state index contributed by atoms with van der Waals surface area (Å²) in [5, 5.41) is 4.17. The Balaban J connectivity index is 2.27. The number of aromatic nitrogens is 2. The summed E-state index contributed by atoms with van der Waals surface area (Å²) in [6, 6.07) is 1.85. The second-order valence-corrected chi connectivity index (χ2v) is 3.67. The predicted molar refractivity (Wildman–Crippen MR) is 66.6 cm³/mol. The number of carbonyl (C=O) groups excluding carboxylic acids is 1. The van der Waals surface area contributed by atoms with Crippen LogP contribution in [0.3, 0.4) is 0 Å². The average molecular weight is 246 g/mol. The third kappa shape index (κ3) is 2.51. The van der Waals surface area contributed by atoms with Gasteiger partial charge >= 0.3 is 5.97 Å². The number of hydrogen-bond acceptors (Lipinski definition) is 4. The molecule has 0 N–H and O–H groups in total. The van der Waals surface area contributed by atoms with Crippen LogP contribution in [-0.2, 0) is 16.6 Å². The molecule has 0 unspecified atom stereocenters. The Morgan fingerprint density at radius 1 is 1.61 bits per heavy atom. The van der Waals surface area contributed by atoms with Crippen LogP contribution in [0, 0.1) is 0 Å². The minimum Gasteiger partial charge on any atom is -0.472 e. The van der Waals surface area contributed by atoms with Crippen molar-refractivity contribution in [1.29, 1.82) is 0 Å². The highest BCUT2D eigenvalue weighted by molar-refractivity contribution is 5.88. The molecule has 0 bridgehead atoms. The lowest BCUT2D eigenvalue weighted by Crippen LogP contribution is -1.98. The average Bonchev–Trinajstić information content (AvgIpc) is 2.96. The summed E-state index contributed by atoms with van der Waals surface area (Å²) in [4.78, 5) is 11.3. The second kappa shape index (κ2) is 5.35. The lowest BCUT2D eigenvalue weighted by Gasteiger charge is -2.00. The molecule has 0 aliphatic heterocycles. The van der Waals surface area contributed by atoms with E-state index in [2.05, 4.69) is 5.10 Å². The van der Waals surface area contributed by atoms with Crippen LogP contribution >= 0.6 is 0 Å². The number of esters is 1. The first-order valence-electron chi connectivity index (χ1n) is 5.61. The van der Waals surface area contributed by atoms with Crippen LogP contribution in [0.2, 0.25) is 0 Å². The van der Waals surface area contributed by atoms with Gasteiger partial charge in [-0.15, -0.1) is 0 Å². The van der Waals surface area contributed by atoms with Gasteiger partial charge in [0.1, 0.15) is 0 Å². The van der Waals surface area contributed by atoms with E-state index in [-0.39, 0.29) is 5.97 Å². The highest BCUT2D eigenvalue weighted by Gasteiger charge is 2.10. The van der Waals surface area contributed by atoms with Gasteiger partial charge in [0.25, 0.3) is 0 Å². The maximum atomic E-state index is 11.3. The Kier molecular flexibility index (Phi) is 3.62. The maximum Gasteiger partial charge on any atom is 0.330 e. The Hall–Kier alpha value is -2.30. The summed E-state index contributed by atoms with van der Waals surface area (Å²) in [6.45, 7) is 2.14. The van der Waals surface area contributed by atoms with Crippen molar-refractivity contribution in [3.63, 3.8) is 0 Å². The van der Waals surface area contributed by atoms with E-state index < -0.39 is 0 Å². The molecule has 0 aliphatic carbocycles. The second-order valence-electron chi connectivity index (χ2n) is 3.67. The van der Waals surface area contributed by atoms with Gasteiger partial charge in [0, 0.05) is 24.3 Å². The molecule has 0 saturated heterocycles. The minimum absolute atomic E-state index is 0.362. The van der Waals surface area contributed by atoms with Gasteiger partial charge in [0.15, 0.2) is 0 Å². The third-order valence-corrected chi connectivity index (χ3v) is 2.45. The Bertz CT molecular complexity index is 553. The highest BCUT2D eigenvalue weighted by atomic mass is 16.5. The molecule has 5 heteroatoms. The maximum absolute atomic E-state index is 11.3. The van der Waals surface area contributed by atoms with Crippen molar-refractivity contribution >= 4 is 12.0 Å². The van der Waals surface area contributed by atoms with E-state index in [4.69, 9.17) is 9.15 Å². The molecule has 2 aromatic heterocycles. The van der Waals surface area contributed by atoms with E-state index in [0.29, 0.717) is 6.61 Å². The SMILES string of the molecule is CCOC(=O)/C=C/c1cnn(C)c1-c1ccoc1. The zero-order valence-electron chi connectivity index (χ0n) is 10.3. The fraction of sp³-hybridized carbons (Fsp3) is 0.231. The highest BCUT2D eigenvalue weighted by Crippen LogP contribution is 2.24. The van der Waals surface area contributed by atoms with Gasteiger partial charge in [-0.25, -0.2) is 4.79 Å². The normalized spacial score (nSPS) is 11.0. The number of aryl methyl sites for hydroxylation is 1. The molecule has 18 heavy (non-hydrogen) atoms. The Morgan fingerprint density at radius 2 is 2.44 bits per heavy atom. The predicted octanol–water partition coefficient (Wildman–Crippen LogP) is 2.26. The summed E-state index contributed by atoms with van der Waals surface area (Å²) in [5.41, 5.74) is 2.65. The summed E-state index contributed by atoms with van der Waals surface area (Å²) in [6.07, 6.45) is 8.01. The van der Waals surface area contributed by atoms with Gasteiger partial charge < -0.3 is 9.15 Å². The van der Waals surface area contributed by atoms with Crippen LogP contribution in [0.4, 0.5) is 0 Å². The lowest BCUT2D eigenvalue weighted by molar-refractivity contribution is -0.137. The number of hydrogen-bond donors (Lipinski definition) is 0. The van der Waals surface area contributed by atoms with Gasteiger partial charge in [0.05, 0.1) is 31.0 Å². The van der Waals surface area contributed by atoms with Crippen LogP contribution in [0.5, 0.6) is 0 Å². The van der Waals surface area contributed by atoms with Crippen molar-refractivity contribution in [3.8, 4) is 11.3 Å². The fourth-order valence-electron chi connectivity index (χ4n) is 1.68. The largest absolute Gasteiger partial charge is 0.472 e. The van der Waals surface area contributed by atoms with Gasteiger partial charge in [-0.05, 0) is 19.1 Å². The molecular formula is C13H14N2O3. The molecule has 0 spiro atoms. The smallest absolute Gasteiger partial charge is 0.330 e. The molecular weight excluding hydrogens is 232 g/mol. The van der Waals surface area contributed by atoms with E-state index >= 15 is 0 Å². The molecule has 94 valence electrons. The van der Waals surface area contributed by atoms with Crippen molar-refractivity contribution in [2.24, 2.45) is 7.05 Å². The molecule has 0 radical (unpaired) electrons. The summed E-state index contributed by atoms with van der Waals surface area (Å²) >= 11 is 0. The summed E-state index contributed by atoms with van der Waals surface area (Å²) in [5.74, 6) is -0.362. The van der Waals surface area contributed by atoms with Crippen molar-refractivity contribution in [1.82, 2.24) is 9.78 Å². The van der Waals surface area contributed by atoms with Crippen molar-refractivity contribution in [2.75, 3.05) is 6.61 Å². The number of furan rings is 1. The first kappa shape index (κ1) is 12.2. The quantitative estimate of drug-likeness (QED) is 0.613. The van der Waals surface area contributed by atoms with E-state index in [9.17, 15) is 4.79 Å². The lowest BCUT2D eigenvalue weighted by atomic mass is 10.1. The first-order valence-corrected chi connectivity index (χ1v) is 5.61. The molecule has 0 aromatic carbocycles. The fourth-order valence-corrected chi connectivity index (χ4v) is 1.68. The van der Waals surface area contributed by atoms with E-state index in [1.807, 2.05) is 13.1 Å². The number of ether oxygens (including phenoxy) is 1. The molecule has 0 atom stereocenters. The standard InChI is InChI=1S/C13H14N2O3/c1-3-18-12(16)5-4-10-8-14-15(2)13(10)11-6-7-17-9-11/h4-9H,3H2,1-2H3/b5-4+. The van der Waals surface area contributed by atoms with Crippen molar-refractivity contribution in [3.05, 3.63) is 36.4 Å². The molecule has 2 rings (SSSR count). The zero-order valence-corrected chi connectivity index (χ0v) is 10.3. The third-order valence-electron chi connectivity index (χ3n) is 2.45. The van der Waals surface area contributed by atoms with Crippen LogP contribution < -0.4 is 0 Å². The first-order chi connectivity index (χ1) is 8.72. The molecule has 2 aromatic rings. The summed E-state index contributed by atoms with van der Waals surface area (Å²) < 4.78 is 11.6. The molecule has 0 saturated carbocycles. The molecule has 0 amide bonds. The number of rotatable bonds is 4. The molecule has 2 heterocycles. The molecule has 0 fully saturated rings. The van der Waals surface area contributed by atoms with Crippen LogP contribution in [-0.4, -0.2) is 22.4 Å². The Labute approximate surface area is 105 Å². The van der Waals surface area contributed by atoms with E-state index in [0.717, 1.165) is 16.8 Å². The van der Waals surface area contributed by atoms with Gasteiger partial charge in [-0.1, -0.05) is 0 Å². The van der Waals surface area contributed by atoms with Crippen molar-refractivity contribution in [2.45, 2.75) is 6.92 Å². The van der Waals surface area contributed by atoms with E-state index in [1.54, 1.807) is 36.4 Å². The van der Waals surface area contributed by atoms with Crippen LogP contribution in [0.25, 0.3) is 17.3 Å². The monoisotopic (exact) mass is 246 g/mol. The van der Waals surface area contributed by atoms with Gasteiger partial charge in [0.2, 0.25) is 0 Å². The van der Waals surface area contributed by atoms with E-state index in [1.165, 1.54) is 6.08 Å². The van der Waals surface area contributed by atoms with Crippen LogP contribution in [0.1, 0.15) is 12.5 Å². The summed E-state index contributed by atoms with van der Waals surface area (Å²) in [7, 11) is 1.84. The Morgan fingerprint density at radius 3 is 3.11 bits per heavy atom.